The van der Waals surface area contributed by atoms with E-state index in [4.69, 9.17) is 0 Å². The molecule has 1 heteroatoms. The number of hydrogen-bond acceptors (Lipinski definition) is 1. The largest absolute Gasteiger partial charge is 0.309 e. The quantitative estimate of drug-likeness (QED) is 0.735. The lowest BCUT2D eigenvalue weighted by molar-refractivity contribution is 0.358. The van der Waals surface area contributed by atoms with Gasteiger partial charge < -0.3 is 5.32 Å². The smallest absolute Gasteiger partial charge is 0.0343 e. The molecule has 1 nitrogen and oxygen atoms in total. The lowest BCUT2D eigenvalue weighted by Gasteiger charge is -2.25. The summed E-state index contributed by atoms with van der Waals surface area (Å²) in [6.45, 7) is 10.3. The van der Waals surface area contributed by atoms with Crippen molar-refractivity contribution in [3.05, 3.63) is 35.9 Å². The van der Waals surface area contributed by atoms with Crippen LogP contribution >= 0.6 is 0 Å². The Hall–Kier alpha value is -0.820. The van der Waals surface area contributed by atoms with E-state index >= 15 is 0 Å². The van der Waals surface area contributed by atoms with Crippen molar-refractivity contribution in [3.8, 4) is 0 Å². The van der Waals surface area contributed by atoms with Crippen molar-refractivity contribution in [1.29, 1.82) is 0 Å². The Morgan fingerprint density at radius 2 is 1.59 bits per heavy atom. The molecule has 1 atom stereocenters. The van der Waals surface area contributed by atoms with Crippen LogP contribution in [0.4, 0.5) is 0 Å². The molecule has 0 bridgehead atoms. The van der Waals surface area contributed by atoms with Crippen LogP contribution in [0.5, 0.6) is 0 Å². The van der Waals surface area contributed by atoms with Crippen LogP contribution in [0.2, 0.25) is 0 Å². The van der Waals surface area contributed by atoms with E-state index < -0.39 is 0 Å². The summed E-state index contributed by atoms with van der Waals surface area (Å²) >= 11 is 0. The molecule has 1 rings (SSSR count). The first-order chi connectivity index (χ1) is 8.19. The molecular formula is C16H27N. The van der Waals surface area contributed by atoms with E-state index in [0.717, 1.165) is 12.5 Å². The third-order valence-electron chi connectivity index (χ3n) is 3.61. The van der Waals surface area contributed by atoms with Gasteiger partial charge in [-0.1, -0.05) is 70.9 Å². The highest BCUT2D eigenvalue weighted by molar-refractivity contribution is 5.19. The van der Waals surface area contributed by atoms with Gasteiger partial charge in [0.15, 0.2) is 0 Å². The Bertz CT molecular complexity index is 288. The first-order valence-corrected chi connectivity index (χ1v) is 6.97. The van der Waals surface area contributed by atoms with Crippen LogP contribution in [0.3, 0.4) is 0 Å². The van der Waals surface area contributed by atoms with Gasteiger partial charge in [0.05, 0.1) is 0 Å². The average molecular weight is 233 g/mol. The molecule has 1 aromatic rings. The third kappa shape index (κ3) is 4.51. The first-order valence-electron chi connectivity index (χ1n) is 6.97. The van der Waals surface area contributed by atoms with Crippen LogP contribution in [0.15, 0.2) is 30.3 Å². The predicted molar refractivity (Wildman–Crippen MR) is 76.1 cm³/mol. The molecule has 0 saturated heterocycles. The predicted octanol–water partition coefficient (Wildman–Crippen LogP) is 4.41. The van der Waals surface area contributed by atoms with Crippen molar-refractivity contribution in [3.63, 3.8) is 0 Å². The fraction of sp³-hybridized carbons (Fsp3) is 0.625. The summed E-state index contributed by atoms with van der Waals surface area (Å²) in [6, 6.07) is 11.3. The highest BCUT2D eigenvalue weighted by atomic mass is 14.9. The average Bonchev–Trinajstić information content (AvgIpc) is 2.35. The normalized spacial score (nSPS) is 13.3. The monoisotopic (exact) mass is 233 g/mol. The second kappa shape index (κ2) is 7.50. The molecule has 1 N–H and O–H groups in total. The zero-order chi connectivity index (χ0) is 12.7. The van der Waals surface area contributed by atoms with Gasteiger partial charge in [0.25, 0.3) is 0 Å². The second-order valence-corrected chi connectivity index (χ2v) is 5.22. The minimum atomic E-state index is 0.483. The number of benzene rings is 1. The summed E-state index contributed by atoms with van der Waals surface area (Å²) in [5.74, 6) is 1.44. The van der Waals surface area contributed by atoms with Gasteiger partial charge in [0.2, 0.25) is 0 Å². The van der Waals surface area contributed by atoms with E-state index in [9.17, 15) is 0 Å². The van der Waals surface area contributed by atoms with E-state index in [0.29, 0.717) is 12.0 Å². The van der Waals surface area contributed by atoms with E-state index in [2.05, 4.69) is 63.3 Å². The fourth-order valence-corrected chi connectivity index (χ4v) is 2.27. The Morgan fingerprint density at radius 3 is 2.06 bits per heavy atom. The van der Waals surface area contributed by atoms with Gasteiger partial charge in [0.1, 0.15) is 0 Å². The molecule has 0 amide bonds. The second-order valence-electron chi connectivity index (χ2n) is 5.22. The third-order valence-corrected chi connectivity index (χ3v) is 3.61. The summed E-state index contributed by atoms with van der Waals surface area (Å²) in [6.07, 6.45) is 2.53. The van der Waals surface area contributed by atoms with Gasteiger partial charge in [-0.15, -0.1) is 0 Å². The topological polar surface area (TPSA) is 12.0 Å². The molecule has 0 aliphatic rings. The van der Waals surface area contributed by atoms with Crippen molar-refractivity contribution < 1.29 is 0 Å². The van der Waals surface area contributed by atoms with Crippen molar-refractivity contribution in [2.45, 2.75) is 46.6 Å². The van der Waals surface area contributed by atoms with E-state index in [-0.39, 0.29) is 0 Å². The zero-order valence-corrected chi connectivity index (χ0v) is 11.7. The molecule has 0 heterocycles. The number of hydrogen-bond donors (Lipinski definition) is 1. The lowest BCUT2D eigenvalue weighted by atomic mass is 9.94. The van der Waals surface area contributed by atoms with Gasteiger partial charge in [-0.05, 0) is 23.9 Å². The molecule has 0 saturated carbocycles. The minimum absolute atomic E-state index is 0.483. The number of nitrogens with one attached hydrogen (secondary N) is 1. The molecule has 1 unspecified atom stereocenters. The van der Waals surface area contributed by atoms with E-state index in [1.807, 2.05) is 0 Å². The van der Waals surface area contributed by atoms with Crippen molar-refractivity contribution in [1.82, 2.24) is 5.32 Å². The van der Waals surface area contributed by atoms with Crippen LogP contribution in [0, 0.1) is 11.8 Å². The maximum atomic E-state index is 3.74. The van der Waals surface area contributed by atoms with Gasteiger partial charge in [0, 0.05) is 6.04 Å². The molecular weight excluding hydrogens is 206 g/mol. The Morgan fingerprint density at radius 1 is 1.00 bits per heavy atom. The molecule has 1 aromatic carbocycles. The van der Waals surface area contributed by atoms with E-state index in [1.54, 1.807) is 0 Å². The molecule has 0 aliphatic carbocycles. The summed E-state index contributed by atoms with van der Waals surface area (Å²) in [5.41, 5.74) is 1.41. The maximum absolute atomic E-state index is 3.74. The molecule has 96 valence electrons. The molecule has 17 heavy (non-hydrogen) atoms. The standard InChI is InChI=1S/C16H27N/c1-5-14(6-2)12-17-16(13(3)4)15-10-8-7-9-11-15/h7-11,13-14,16-17H,5-6,12H2,1-4H3. The van der Waals surface area contributed by atoms with Crippen molar-refractivity contribution >= 4 is 0 Å². The van der Waals surface area contributed by atoms with Gasteiger partial charge in [-0.3, -0.25) is 0 Å². The Balaban J connectivity index is 2.62. The maximum Gasteiger partial charge on any atom is 0.0343 e. The molecule has 0 spiro atoms. The van der Waals surface area contributed by atoms with Gasteiger partial charge >= 0.3 is 0 Å². The fourth-order valence-electron chi connectivity index (χ4n) is 2.27. The number of rotatable bonds is 7. The molecule has 0 aromatic heterocycles. The highest BCUT2D eigenvalue weighted by Crippen LogP contribution is 2.22. The Labute approximate surface area is 107 Å². The lowest BCUT2D eigenvalue weighted by Crippen LogP contribution is -2.30. The van der Waals surface area contributed by atoms with Crippen LogP contribution in [-0.2, 0) is 0 Å². The summed E-state index contributed by atoms with van der Waals surface area (Å²) < 4.78 is 0. The SMILES string of the molecule is CCC(CC)CNC(c1ccccc1)C(C)C. The molecule has 0 aliphatic heterocycles. The van der Waals surface area contributed by atoms with Crippen molar-refractivity contribution in [2.75, 3.05) is 6.54 Å². The Kier molecular flexibility index (Phi) is 6.28. The van der Waals surface area contributed by atoms with Gasteiger partial charge in [-0.25, -0.2) is 0 Å². The molecule has 0 radical (unpaired) electrons. The summed E-state index contributed by atoms with van der Waals surface area (Å²) in [5, 5.41) is 3.74. The van der Waals surface area contributed by atoms with E-state index in [1.165, 1.54) is 18.4 Å². The summed E-state index contributed by atoms with van der Waals surface area (Å²) in [4.78, 5) is 0. The van der Waals surface area contributed by atoms with Crippen LogP contribution in [0.25, 0.3) is 0 Å². The highest BCUT2D eigenvalue weighted by Gasteiger charge is 2.15. The molecule has 0 fully saturated rings. The van der Waals surface area contributed by atoms with Crippen LogP contribution in [0.1, 0.15) is 52.1 Å². The minimum Gasteiger partial charge on any atom is -0.309 e. The van der Waals surface area contributed by atoms with Crippen LogP contribution in [-0.4, -0.2) is 6.54 Å². The first kappa shape index (κ1) is 14.2. The van der Waals surface area contributed by atoms with Crippen molar-refractivity contribution in [2.24, 2.45) is 11.8 Å². The van der Waals surface area contributed by atoms with Gasteiger partial charge in [-0.2, -0.15) is 0 Å². The zero-order valence-electron chi connectivity index (χ0n) is 11.7. The van der Waals surface area contributed by atoms with Crippen LogP contribution < -0.4 is 5.32 Å². The summed E-state index contributed by atoms with van der Waals surface area (Å²) in [7, 11) is 0.